The number of unbranched alkanes of at least 4 members (excludes halogenated alkanes) is 1. The summed E-state index contributed by atoms with van der Waals surface area (Å²) in [6, 6.07) is 10.0. The molecule has 0 atom stereocenters. The molecule has 0 radical (unpaired) electrons. The molecule has 6 heteroatoms. The van der Waals surface area contributed by atoms with Crippen molar-refractivity contribution in [2.45, 2.75) is 46.6 Å². The maximum atomic E-state index is 13.5. The number of amides is 1. The van der Waals surface area contributed by atoms with Crippen LogP contribution in [-0.4, -0.2) is 50.4 Å². The van der Waals surface area contributed by atoms with Crippen molar-refractivity contribution in [2.75, 3.05) is 19.7 Å². The Hall–Kier alpha value is -2.73. The third kappa shape index (κ3) is 4.32. The molecule has 1 amide bonds. The van der Waals surface area contributed by atoms with E-state index < -0.39 is 0 Å². The second-order valence-electron chi connectivity index (χ2n) is 7.66. The highest BCUT2D eigenvalue weighted by molar-refractivity contribution is 6.06. The maximum Gasteiger partial charge on any atom is 0.254 e. The Kier molecular flexibility index (Phi) is 6.64. The minimum absolute atomic E-state index is 0.0560. The van der Waals surface area contributed by atoms with Gasteiger partial charge in [-0.15, -0.1) is 0 Å². The standard InChI is InChI=1S/C23H30N4O2/c1-5-6-11-26(12-13-28)23(29)19-14-21(18-10-8-7-9-17(18)4)25-22-20(19)15-24-27(22)16(2)3/h7-10,14-16,28H,5-6,11-13H2,1-4H3. The highest BCUT2D eigenvalue weighted by Crippen LogP contribution is 2.29. The second kappa shape index (κ2) is 9.18. The van der Waals surface area contributed by atoms with E-state index in [1.807, 2.05) is 41.9 Å². The van der Waals surface area contributed by atoms with Crippen LogP contribution in [0.2, 0.25) is 0 Å². The molecule has 3 rings (SSSR count). The normalized spacial score (nSPS) is 11.4. The van der Waals surface area contributed by atoms with E-state index in [-0.39, 0.29) is 18.6 Å². The maximum absolute atomic E-state index is 13.5. The van der Waals surface area contributed by atoms with Crippen molar-refractivity contribution in [2.24, 2.45) is 0 Å². The number of hydrogen-bond donors (Lipinski definition) is 1. The second-order valence-corrected chi connectivity index (χ2v) is 7.66. The number of aromatic nitrogens is 3. The molecule has 0 aliphatic rings. The molecule has 3 aromatic rings. The first-order valence-corrected chi connectivity index (χ1v) is 10.3. The summed E-state index contributed by atoms with van der Waals surface area (Å²) in [6.45, 7) is 9.12. The summed E-state index contributed by atoms with van der Waals surface area (Å²) < 4.78 is 1.86. The van der Waals surface area contributed by atoms with Gasteiger partial charge < -0.3 is 10.0 Å². The first-order chi connectivity index (χ1) is 14.0. The predicted molar refractivity (Wildman–Crippen MR) is 116 cm³/mol. The van der Waals surface area contributed by atoms with Gasteiger partial charge in [-0.25, -0.2) is 9.67 Å². The van der Waals surface area contributed by atoms with Crippen LogP contribution >= 0.6 is 0 Å². The minimum Gasteiger partial charge on any atom is -0.395 e. The van der Waals surface area contributed by atoms with E-state index in [0.717, 1.165) is 35.0 Å². The molecule has 154 valence electrons. The third-order valence-electron chi connectivity index (χ3n) is 5.15. The first-order valence-electron chi connectivity index (χ1n) is 10.3. The fraction of sp³-hybridized carbons (Fsp3) is 0.435. The lowest BCUT2D eigenvalue weighted by molar-refractivity contribution is 0.0721. The van der Waals surface area contributed by atoms with Gasteiger partial charge in [0, 0.05) is 24.7 Å². The molecule has 0 saturated heterocycles. The summed E-state index contributed by atoms with van der Waals surface area (Å²) in [5.41, 5.74) is 4.17. The summed E-state index contributed by atoms with van der Waals surface area (Å²) in [4.78, 5) is 20.1. The highest BCUT2D eigenvalue weighted by atomic mass is 16.3. The minimum atomic E-state index is -0.0851. The summed E-state index contributed by atoms with van der Waals surface area (Å²) in [5.74, 6) is -0.0851. The van der Waals surface area contributed by atoms with Gasteiger partial charge in [0.15, 0.2) is 5.65 Å². The van der Waals surface area contributed by atoms with Crippen LogP contribution in [0.25, 0.3) is 22.3 Å². The van der Waals surface area contributed by atoms with E-state index in [1.165, 1.54) is 0 Å². The number of fused-ring (bicyclic) bond motifs is 1. The highest BCUT2D eigenvalue weighted by Gasteiger charge is 2.22. The fourth-order valence-corrected chi connectivity index (χ4v) is 3.53. The molecule has 0 aliphatic heterocycles. The van der Waals surface area contributed by atoms with Crippen LogP contribution in [0, 0.1) is 6.92 Å². The van der Waals surface area contributed by atoms with Gasteiger partial charge in [0.1, 0.15) is 0 Å². The average molecular weight is 395 g/mol. The van der Waals surface area contributed by atoms with Gasteiger partial charge >= 0.3 is 0 Å². The molecule has 6 nitrogen and oxygen atoms in total. The summed E-state index contributed by atoms with van der Waals surface area (Å²) in [7, 11) is 0. The van der Waals surface area contributed by atoms with Crippen LogP contribution in [-0.2, 0) is 0 Å². The fourth-order valence-electron chi connectivity index (χ4n) is 3.53. The van der Waals surface area contributed by atoms with E-state index in [1.54, 1.807) is 11.1 Å². The van der Waals surface area contributed by atoms with Crippen LogP contribution in [0.5, 0.6) is 0 Å². The molecular formula is C23H30N4O2. The Bertz CT molecular complexity index is 994. The predicted octanol–water partition coefficient (Wildman–Crippen LogP) is 4.22. The number of aliphatic hydroxyl groups is 1. The number of pyridine rings is 1. The van der Waals surface area contributed by atoms with Gasteiger partial charge in [-0.2, -0.15) is 5.10 Å². The van der Waals surface area contributed by atoms with E-state index in [9.17, 15) is 9.90 Å². The van der Waals surface area contributed by atoms with E-state index in [4.69, 9.17) is 4.98 Å². The zero-order valence-electron chi connectivity index (χ0n) is 17.7. The van der Waals surface area contributed by atoms with Crippen molar-refractivity contribution in [1.29, 1.82) is 0 Å². The molecule has 0 unspecified atom stereocenters. The number of rotatable bonds is 8. The first kappa shape index (κ1) is 21.0. The molecule has 0 aliphatic carbocycles. The number of benzene rings is 1. The van der Waals surface area contributed by atoms with Gasteiger partial charge in [0.05, 0.1) is 29.4 Å². The average Bonchev–Trinajstić information content (AvgIpc) is 3.14. The number of nitrogens with zero attached hydrogens (tertiary/aromatic N) is 4. The number of hydrogen-bond acceptors (Lipinski definition) is 4. The van der Waals surface area contributed by atoms with Crippen LogP contribution in [0.4, 0.5) is 0 Å². The Morgan fingerprint density at radius 3 is 2.66 bits per heavy atom. The van der Waals surface area contributed by atoms with Gasteiger partial charge in [0.2, 0.25) is 0 Å². The van der Waals surface area contributed by atoms with E-state index >= 15 is 0 Å². The topological polar surface area (TPSA) is 71.2 Å². The monoisotopic (exact) mass is 394 g/mol. The summed E-state index contributed by atoms with van der Waals surface area (Å²) in [5, 5.41) is 14.7. The van der Waals surface area contributed by atoms with Crippen molar-refractivity contribution in [3.63, 3.8) is 0 Å². The Labute approximate surface area is 172 Å². The number of carbonyl (C=O) groups excluding carboxylic acids is 1. The largest absolute Gasteiger partial charge is 0.395 e. The lowest BCUT2D eigenvalue weighted by Gasteiger charge is -2.22. The van der Waals surface area contributed by atoms with Crippen molar-refractivity contribution >= 4 is 16.9 Å². The molecule has 1 N–H and O–H groups in total. The van der Waals surface area contributed by atoms with Crippen molar-refractivity contribution in [3.8, 4) is 11.3 Å². The third-order valence-corrected chi connectivity index (χ3v) is 5.15. The number of aliphatic hydroxyl groups excluding tert-OH is 1. The summed E-state index contributed by atoms with van der Waals surface area (Å²) in [6.07, 6.45) is 3.62. The van der Waals surface area contributed by atoms with Crippen molar-refractivity contribution in [3.05, 3.63) is 47.7 Å². The molecule has 0 saturated carbocycles. The van der Waals surface area contributed by atoms with Crippen LogP contribution in [0.15, 0.2) is 36.5 Å². The number of aryl methyl sites for hydroxylation is 1. The van der Waals surface area contributed by atoms with E-state index in [0.29, 0.717) is 24.3 Å². The van der Waals surface area contributed by atoms with Gasteiger partial charge in [-0.05, 0) is 38.8 Å². The smallest absolute Gasteiger partial charge is 0.254 e. The quantitative estimate of drug-likeness (QED) is 0.621. The van der Waals surface area contributed by atoms with Crippen molar-refractivity contribution in [1.82, 2.24) is 19.7 Å². The SMILES string of the molecule is CCCCN(CCO)C(=O)c1cc(-c2ccccc2C)nc2c1cnn2C(C)C. The van der Waals surface area contributed by atoms with Crippen LogP contribution in [0.1, 0.15) is 55.6 Å². The lowest BCUT2D eigenvalue weighted by atomic mass is 10.0. The molecule has 2 aromatic heterocycles. The Balaban J connectivity index is 2.19. The molecular weight excluding hydrogens is 364 g/mol. The zero-order chi connectivity index (χ0) is 21.0. The van der Waals surface area contributed by atoms with Crippen molar-refractivity contribution < 1.29 is 9.90 Å². The Morgan fingerprint density at radius 2 is 2.00 bits per heavy atom. The molecule has 29 heavy (non-hydrogen) atoms. The van der Waals surface area contributed by atoms with Crippen LogP contribution < -0.4 is 0 Å². The zero-order valence-corrected chi connectivity index (χ0v) is 17.7. The van der Waals surface area contributed by atoms with Crippen LogP contribution in [0.3, 0.4) is 0 Å². The summed E-state index contributed by atoms with van der Waals surface area (Å²) >= 11 is 0. The van der Waals surface area contributed by atoms with E-state index in [2.05, 4.69) is 25.9 Å². The molecule has 2 heterocycles. The van der Waals surface area contributed by atoms with Gasteiger partial charge in [0.25, 0.3) is 5.91 Å². The molecule has 0 spiro atoms. The molecule has 0 fully saturated rings. The number of carbonyl (C=O) groups is 1. The van der Waals surface area contributed by atoms with Gasteiger partial charge in [-0.1, -0.05) is 37.6 Å². The molecule has 0 bridgehead atoms. The Morgan fingerprint density at radius 1 is 1.24 bits per heavy atom. The lowest BCUT2D eigenvalue weighted by Crippen LogP contribution is -2.34. The van der Waals surface area contributed by atoms with Gasteiger partial charge in [-0.3, -0.25) is 4.79 Å². The molecule has 1 aromatic carbocycles.